The number of nitrogens with zero attached hydrogens (tertiary/aromatic N) is 1. The maximum absolute atomic E-state index is 13.0. The maximum Gasteiger partial charge on any atom is 0.317 e. The molecule has 1 N–H and O–H groups in total. The molecule has 0 atom stereocenters. The molecule has 1 aliphatic carbocycles. The highest BCUT2D eigenvalue weighted by Gasteiger charge is 2.48. The molecular weight excluding hydrogens is 436 g/mol. The minimum Gasteiger partial charge on any atom is -0.493 e. The van der Waals surface area contributed by atoms with Crippen molar-refractivity contribution < 1.29 is 28.5 Å². The molecule has 0 radical (unpaired) electrons. The van der Waals surface area contributed by atoms with E-state index in [4.69, 9.17) is 18.9 Å². The lowest BCUT2D eigenvalue weighted by molar-refractivity contribution is -0.173. The summed E-state index contributed by atoms with van der Waals surface area (Å²) in [5.41, 5.74) is 1.12. The predicted molar refractivity (Wildman–Crippen MR) is 124 cm³/mol. The first-order chi connectivity index (χ1) is 16.2. The van der Waals surface area contributed by atoms with Gasteiger partial charge in [0, 0.05) is 17.7 Å². The van der Waals surface area contributed by atoms with Gasteiger partial charge in [0.15, 0.2) is 17.1 Å². The van der Waals surface area contributed by atoms with E-state index in [1.165, 1.54) is 7.11 Å². The number of hydrogen-bond donors (Lipinski definition) is 1. The van der Waals surface area contributed by atoms with Crippen LogP contribution in [0.5, 0.6) is 17.2 Å². The number of rotatable bonds is 8. The maximum atomic E-state index is 13.0. The van der Waals surface area contributed by atoms with Crippen molar-refractivity contribution in [3.63, 3.8) is 0 Å². The number of ether oxygens (including phenoxy) is 4. The van der Waals surface area contributed by atoms with Gasteiger partial charge in [-0.15, -0.1) is 0 Å². The lowest BCUT2D eigenvalue weighted by Crippen LogP contribution is -2.47. The normalized spacial score (nSPS) is 15.9. The predicted octanol–water partition coefficient (Wildman–Crippen LogP) is 4.01. The topological polar surface area (TPSA) is 107 Å². The van der Waals surface area contributed by atoms with E-state index in [-0.39, 0.29) is 12.5 Å². The van der Waals surface area contributed by atoms with Gasteiger partial charge in [-0.05, 0) is 62.1 Å². The van der Waals surface area contributed by atoms with Crippen molar-refractivity contribution in [2.75, 3.05) is 20.8 Å². The van der Waals surface area contributed by atoms with E-state index in [1.807, 2.05) is 24.3 Å². The van der Waals surface area contributed by atoms with E-state index in [1.54, 1.807) is 33.1 Å². The molecule has 1 fully saturated rings. The van der Waals surface area contributed by atoms with Crippen LogP contribution in [-0.2, 0) is 16.1 Å². The molecule has 0 unspecified atom stereocenters. The van der Waals surface area contributed by atoms with Gasteiger partial charge in [0.1, 0.15) is 18.1 Å². The number of amides is 1. The first-order valence-corrected chi connectivity index (χ1v) is 11.2. The summed E-state index contributed by atoms with van der Waals surface area (Å²) in [6.07, 6.45) is 2.10. The quantitative estimate of drug-likeness (QED) is 0.588. The van der Waals surface area contributed by atoms with Crippen LogP contribution in [0.2, 0.25) is 0 Å². The van der Waals surface area contributed by atoms with Crippen molar-refractivity contribution in [2.24, 2.45) is 5.41 Å². The average Bonchev–Trinajstić information content (AvgIpc) is 3.17. The minimum atomic E-state index is -1.21. The SMILES string of the molecule is COc1ccc(-c2ccc3c(c2)CNC3=O)c(OCC2(C(=O)OC(C)(C)C#N)CCC2)c1OC. The number of hydrogen-bond acceptors (Lipinski definition) is 7. The number of carbonyl (C=O) groups excluding carboxylic acids is 2. The Morgan fingerprint density at radius 2 is 1.85 bits per heavy atom. The van der Waals surface area contributed by atoms with Gasteiger partial charge in [0.25, 0.3) is 5.91 Å². The Bertz CT molecular complexity index is 1180. The molecule has 4 rings (SSSR count). The molecule has 0 bridgehead atoms. The number of nitriles is 1. The third-order valence-corrected chi connectivity index (χ3v) is 6.45. The Balaban J connectivity index is 1.69. The number of esters is 1. The number of benzene rings is 2. The van der Waals surface area contributed by atoms with Crippen LogP contribution in [0.25, 0.3) is 11.1 Å². The van der Waals surface area contributed by atoms with Gasteiger partial charge in [-0.1, -0.05) is 12.5 Å². The number of fused-ring (bicyclic) bond motifs is 1. The second-order valence-electron chi connectivity index (χ2n) is 9.17. The van der Waals surface area contributed by atoms with Crippen LogP contribution in [-0.4, -0.2) is 38.3 Å². The molecule has 1 amide bonds. The van der Waals surface area contributed by atoms with Crippen molar-refractivity contribution in [3.05, 3.63) is 41.5 Å². The van der Waals surface area contributed by atoms with Gasteiger partial charge in [0.05, 0.1) is 14.2 Å². The summed E-state index contributed by atoms with van der Waals surface area (Å²) in [5, 5.41) is 12.1. The molecule has 1 aliphatic heterocycles. The Hall–Kier alpha value is -3.73. The highest BCUT2D eigenvalue weighted by molar-refractivity contribution is 5.99. The Morgan fingerprint density at radius 3 is 2.47 bits per heavy atom. The summed E-state index contributed by atoms with van der Waals surface area (Å²) in [4.78, 5) is 25.0. The van der Waals surface area contributed by atoms with Crippen molar-refractivity contribution in [2.45, 2.75) is 45.3 Å². The van der Waals surface area contributed by atoms with Gasteiger partial charge >= 0.3 is 5.97 Å². The molecular formula is C26H28N2O6. The van der Waals surface area contributed by atoms with Crippen molar-refractivity contribution in [1.29, 1.82) is 5.26 Å². The molecule has 0 saturated heterocycles. The van der Waals surface area contributed by atoms with Gasteiger partial charge in [-0.3, -0.25) is 9.59 Å². The second kappa shape index (κ2) is 8.90. The Morgan fingerprint density at radius 1 is 1.12 bits per heavy atom. The smallest absolute Gasteiger partial charge is 0.317 e. The molecule has 1 heterocycles. The van der Waals surface area contributed by atoms with Gasteiger partial charge < -0.3 is 24.3 Å². The summed E-state index contributed by atoms with van der Waals surface area (Å²) in [6.45, 7) is 3.67. The zero-order valence-electron chi connectivity index (χ0n) is 19.8. The van der Waals surface area contributed by atoms with Gasteiger partial charge in [0.2, 0.25) is 5.75 Å². The molecule has 2 aliphatic rings. The highest BCUT2D eigenvalue weighted by Crippen LogP contribution is 2.48. The van der Waals surface area contributed by atoms with Gasteiger partial charge in [-0.25, -0.2) is 0 Å². The zero-order valence-corrected chi connectivity index (χ0v) is 19.8. The van der Waals surface area contributed by atoms with Crippen LogP contribution in [0.3, 0.4) is 0 Å². The summed E-state index contributed by atoms with van der Waals surface area (Å²) >= 11 is 0. The average molecular weight is 465 g/mol. The molecule has 8 heteroatoms. The van der Waals surface area contributed by atoms with E-state index in [2.05, 4.69) is 5.32 Å². The van der Waals surface area contributed by atoms with Crippen LogP contribution in [0.4, 0.5) is 0 Å². The fourth-order valence-corrected chi connectivity index (χ4v) is 4.25. The monoisotopic (exact) mass is 464 g/mol. The van der Waals surface area contributed by atoms with E-state index < -0.39 is 17.0 Å². The number of carbonyl (C=O) groups is 2. The Kier molecular flexibility index (Phi) is 6.13. The lowest BCUT2D eigenvalue weighted by atomic mass is 9.69. The standard InChI is InChI=1S/C26H28N2O6/c1-25(2,14-27)34-24(30)26(10-5-11-26)15-33-21-18(8-9-20(31-3)22(21)32-4)16-6-7-19-17(12-16)13-28-23(19)29/h6-9,12H,5,10-11,13,15H2,1-4H3,(H,28,29). The van der Waals surface area contributed by atoms with E-state index in [0.29, 0.717) is 42.2 Å². The van der Waals surface area contributed by atoms with Crippen molar-refractivity contribution in [3.8, 4) is 34.4 Å². The first kappa shape index (κ1) is 23.4. The molecule has 1 saturated carbocycles. The third-order valence-electron chi connectivity index (χ3n) is 6.45. The summed E-state index contributed by atoms with van der Waals surface area (Å²) in [7, 11) is 3.07. The van der Waals surface area contributed by atoms with Crippen molar-refractivity contribution in [1.82, 2.24) is 5.32 Å². The highest BCUT2D eigenvalue weighted by atomic mass is 16.6. The molecule has 34 heavy (non-hydrogen) atoms. The van der Waals surface area contributed by atoms with E-state index in [9.17, 15) is 14.9 Å². The largest absolute Gasteiger partial charge is 0.493 e. The summed E-state index contributed by atoms with van der Waals surface area (Å²) in [6, 6.07) is 11.3. The molecule has 0 spiro atoms. The molecule has 2 aromatic rings. The minimum absolute atomic E-state index is 0.0782. The van der Waals surface area contributed by atoms with Crippen LogP contribution in [0.15, 0.2) is 30.3 Å². The van der Waals surface area contributed by atoms with Crippen LogP contribution < -0.4 is 19.5 Å². The Labute approximate surface area is 198 Å². The zero-order chi connectivity index (χ0) is 24.5. The molecule has 178 valence electrons. The van der Waals surface area contributed by atoms with Gasteiger partial charge in [-0.2, -0.15) is 5.26 Å². The molecule has 8 nitrogen and oxygen atoms in total. The van der Waals surface area contributed by atoms with Crippen LogP contribution in [0, 0.1) is 16.7 Å². The lowest BCUT2D eigenvalue weighted by Gasteiger charge is -2.40. The number of nitrogens with one attached hydrogen (secondary N) is 1. The van der Waals surface area contributed by atoms with E-state index in [0.717, 1.165) is 23.1 Å². The van der Waals surface area contributed by atoms with E-state index >= 15 is 0 Å². The third kappa shape index (κ3) is 4.14. The number of methoxy groups -OCH3 is 2. The van der Waals surface area contributed by atoms with Crippen LogP contribution >= 0.6 is 0 Å². The fraction of sp³-hybridized carbons (Fsp3) is 0.423. The summed E-state index contributed by atoms with van der Waals surface area (Å²) < 4.78 is 22.9. The fourth-order valence-electron chi connectivity index (χ4n) is 4.25. The first-order valence-electron chi connectivity index (χ1n) is 11.2. The van der Waals surface area contributed by atoms with Crippen LogP contribution in [0.1, 0.15) is 49.0 Å². The van der Waals surface area contributed by atoms with Crippen molar-refractivity contribution >= 4 is 11.9 Å². The summed E-state index contributed by atoms with van der Waals surface area (Å²) in [5.74, 6) is 0.828. The second-order valence-corrected chi connectivity index (χ2v) is 9.17. The molecule has 0 aromatic heterocycles. The molecule has 2 aromatic carbocycles.